The van der Waals surface area contributed by atoms with Crippen molar-refractivity contribution in [1.29, 1.82) is 0 Å². The highest BCUT2D eigenvalue weighted by atomic mass is 16.7. The largest absolute Gasteiger partial charge is 0.456 e. The average molecular weight is 685 g/mol. The van der Waals surface area contributed by atoms with Gasteiger partial charge in [-0.3, -0.25) is 9.59 Å². The Morgan fingerprint density at radius 3 is 2.68 bits per heavy atom. The first kappa shape index (κ1) is 34.6. The topological polar surface area (TPSA) is 136 Å². The number of aliphatic hydroxyl groups excluding tert-OH is 1. The van der Waals surface area contributed by atoms with Crippen LogP contribution in [0.4, 0.5) is 0 Å². The molecule has 2 aliphatic heterocycles. The number of carbonyl (C=O) groups excluding carboxylic acids is 3. The first-order valence-corrected chi connectivity index (χ1v) is 17.9. The summed E-state index contributed by atoms with van der Waals surface area (Å²) in [4.78, 5) is 39.6. The molecule has 2 aromatic carbocycles. The lowest BCUT2D eigenvalue weighted by molar-refractivity contribution is -0.118. The van der Waals surface area contributed by atoms with Gasteiger partial charge < -0.3 is 34.7 Å². The quantitative estimate of drug-likeness (QED) is 0.245. The Morgan fingerprint density at radius 1 is 1.02 bits per heavy atom. The van der Waals surface area contributed by atoms with E-state index >= 15 is 0 Å². The summed E-state index contributed by atoms with van der Waals surface area (Å²) in [5.41, 5.74) is 4.63. The zero-order chi connectivity index (χ0) is 35.0. The van der Waals surface area contributed by atoms with Gasteiger partial charge in [0.25, 0.3) is 5.91 Å². The highest BCUT2D eigenvalue weighted by molar-refractivity contribution is 5.96. The summed E-state index contributed by atoms with van der Waals surface area (Å²) in [5.74, 6) is 0.0136. The Kier molecular flexibility index (Phi) is 9.73. The Labute approximate surface area is 293 Å². The molecule has 7 rings (SSSR count). The molecule has 10 heteroatoms. The fourth-order valence-electron chi connectivity index (χ4n) is 8.53. The van der Waals surface area contributed by atoms with Crippen molar-refractivity contribution >= 4 is 23.9 Å². The molecule has 0 bridgehead atoms. The number of carbonyl (C=O) groups is 3. The van der Waals surface area contributed by atoms with Gasteiger partial charge in [-0.25, -0.2) is 4.79 Å². The van der Waals surface area contributed by atoms with Crippen molar-refractivity contribution in [2.75, 3.05) is 19.9 Å². The Balaban J connectivity index is 1.04. The zero-order valence-corrected chi connectivity index (χ0v) is 29.1. The predicted molar refractivity (Wildman–Crippen MR) is 186 cm³/mol. The number of rotatable bonds is 9. The molecule has 2 saturated heterocycles. The van der Waals surface area contributed by atoms with Gasteiger partial charge in [-0.2, -0.15) is 0 Å². The van der Waals surface area contributed by atoms with Crippen molar-refractivity contribution < 1.29 is 38.4 Å². The second-order valence-electron chi connectivity index (χ2n) is 15.3. The molecule has 0 aromatic heterocycles. The molecule has 0 radical (unpaired) electrons. The Hall–Kier alpha value is -3.83. The molecule has 2 heterocycles. The number of esters is 1. The van der Waals surface area contributed by atoms with E-state index < -0.39 is 24.3 Å². The summed E-state index contributed by atoms with van der Waals surface area (Å²) in [6, 6.07) is 14.5. The predicted octanol–water partition coefficient (Wildman–Crippen LogP) is 5.10. The molecule has 0 spiro atoms. The van der Waals surface area contributed by atoms with Gasteiger partial charge in [0.2, 0.25) is 5.91 Å². The van der Waals surface area contributed by atoms with Gasteiger partial charge >= 0.3 is 5.97 Å². The maximum Gasteiger partial charge on any atom is 0.339 e. The molecule has 5 aliphatic rings. The summed E-state index contributed by atoms with van der Waals surface area (Å²) >= 11 is 0. The molecule has 4 fully saturated rings. The monoisotopic (exact) mass is 684 g/mol. The zero-order valence-electron chi connectivity index (χ0n) is 29.1. The average Bonchev–Trinajstić information content (AvgIpc) is 3.48. The maximum absolute atomic E-state index is 13.9. The molecule has 266 valence electrons. The summed E-state index contributed by atoms with van der Waals surface area (Å²) in [7, 11) is 0. The lowest BCUT2D eigenvalue weighted by Gasteiger charge is -2.53. The van der Waals surface area contributed by atoms with Gasteiger partial charge in [0.15, 0.2) is 0 Å². The van der Waals surface area contributed by atoms with E-state index in [1.165, 1.54) is 5.57 Å². The van der Waals surface area contributed by atoms with Gasteiger partial charge in [-0.15, -0.1) is 0 Å². The van der Waals surface area contributed by atoms with Crippen LogP contribution < -0.4 is 10.6 Å². The fraction of sp³-hybridized carbons (Fsp3) is 0.525. The number of epoxide rings is 1. The standard InChI is InChI=1S/C40H48N2O8/c1-39(2)21-30-26(11-12-34-40(3,50-34)14-13-31(30)39)18-25-8-4-5-10-29(25)38(46)49-33-20-28(19-32-35(33)48-23-47-32)37(45)42-22-24-7-6-9-27(17-24)36(44)41-15-16-43/h4-10,17-19,30-35,43H,11-16,20-23H2,1-3H3,(H,41,44)(H,42,45)/t30-,31-,32-,33-,34?,35-,40-/m1/s1. The highest BCUT2D eigenvalue weighted by Gasteiger charge is 2.56. The molecule has 7 atom stereocenters. The molecule has 1 unspecified atom stereocenters. The van der Waals surface area contributed by atoms with E-state index in [-0.39, 0.29) is 55.7 Å². The van der Waals surface area contributed by atoms with Crippen LogP contribution >= 0.6 is 0 Å². The first-order chi connectivity index (χ1) is 24.0. The number of benzene rings is 2. The van der Waals surface area contributed by atoms with E-state index in [0.29, 0.717) is 34.6 Å². The van der Waals surface area contributed by atoms with Crippen LogP contribution in [0.25, 0.3) is 6.08 Å². The lowest BCUT2D eigenvalue weighted by atomic mass is 9.52. The summed E-state index contributed by atoms with van der Waals surface area (Å²) in [6.07, 6.45) is 8.01. The van der Waals surface area contributed by atoms with E-state index in [1.54, 1.807) is 30.3 Å². The third kappa shape index (κ3) is 7.17. The van der Waals surface area contributed by atoms with Gasteiger partial charge in [0.05, 0.1) is 23.9 Å². The summed E-state index contributed by atoms with van der Waals surface area (Å²) < 4.78 is 23.9. The van der Waals surface area contributed by atoms with Crippen molar-refractivity contribution in [3.8, 4) is 0 Å². The number of nitrogens with one attached hydrogen (secondary N) is 2. The highest BCUT2D eigenvalue weighted by Crippen LogP contribution is 2.59. The van der Waals surface area contributed by atoms with E-state index in [2.05, 4.69) is 37.5 Å². The number of hydrogen-bond acceptors (Lipinski definition) is 8. The molecule has 2 amide bonds. The maximum atomic E-state index is 13.9. The number of fused-ring (bicyclic) bond motifs is 3. The molecule has 10 nitrogen and oxygen atoms in total. The molecule has 50 heavy (non-hydrogen) atoms. The van der Waals surface area contributed by atoms with Crippen LogP contribution in [0.1, 0.15) is 91.1 Å². The van der Waals surface area contributed by atoms with Crippen LogP contribution in [0.5, 0.6) is 0 Å². The van der Waals surface area contributed by atoms with Crippen molar-refractivity contribution in [1.82, 2.24) is 10.6 Å². The van der Waals surface area contributed by atoms with Crippen LogP contribution in [0.15, 0.2) is 65.8 Å². The second-order valence-corrected chi connectivity index (χ2v) is 15.3. The van der Waals surface area contributed by atoms with Crippen molar-refractivity contribution in [3.05, 3.63) is 88.0 Å². The second kappa shape index (κ2) is 14.1. The fourth-order valence-corrected chi connectivity index (χ4v) is 8.53. The van der Waals surface area contributed by atoms with Crippen LogP contribution in [0.2, 0.25) is 0 Å². The van der Waals surface area contributed by atoms with Crippen LogP contribution in [-0.2, 0) is 30.3 Å². The number of hydrogen-bond donors (Lipinski definition) is 3. The Morgan fingerprint density at radius 2 is 1.86 bits per heavy atom. The van der Waals surface area contributed by atoms with E-state index in [4.69, 9.17) is 24.1 Å². The number of allylic oxidation sites excluding steroid dienone is 1. The summed E-state index contributed by atoms with van der Waals surface area (Å²) in [6.45, 7) is 7.25. The minimum Gasteiger partial charge on any atom is -0.456 e. The molecule has 3 N–H and O–H groups in total. The molecular weight excluding hydrogens is 636 g/mol. The molecular formula is C40H48N2O8. The minimum atomic E-state index is -0.716. The van der Waals surface area contributed by atoms with Gasteiger partial charge in [-0.1, -0.05) is 55.8 Å². The van der Waals surface area contributed by atoms with Crippen LogP contribution in [0, 0.1) is 17.3 Å². The molecule has 2 aromatic rings. The smallest absolute Gasteiger partial charge is 0.339 e. The number of ether oxygens (including phenoxy) is 4. The Bertz CT molecular complexity index is 1700. The van der Waals surface area contributed by atoms with Crippen molar-refractivity contribution in [3.63, 3.8) is 0 Å². The van der Waals surface area contributed by atoms with E-state index in [0.717, 1.165) is 43.2 Å². The van der Waals surface area contributed by atoms with Gasteiger partial charge in [0, 0.05) is 30.6 Å². The third-order valence-corrected chi connectivity index (χ3v) is 11.5. The number of amides is 2. The molecule has 2 saturated carbocycles. The van der Waals surface area contributed by atoms with Crippen molar-refractivity contribution in [2.24, 2.45) is 17.3 Å². The third-order valence-electron chi connectivity index (χ3n) is 11.5. The lowest BCUT2D eigenvalue weighted by Crippen LogP contribution is -2.45. The molecule has 3 aliphatic carbocycles. The van der Waals surface area contributed by atoms with Crippen LogP contribution in [0.3, 0.4) is 0 Å². The van der Waals surface area contributed by atoms with Crippen molar-refractivity contribution in [2.45, 2.75) is 95.9 Å². The SMILES string of the molecule is CC1(C)C[C@@H]2C(=Cc3ccccc3C(=O)O[C@@H]3CC(C(=O)NCc4cccc(C(=O)NCCO)c4)=C[C@H]4OCO[C@H]43)CCC3O[C@]3(C)CC[C@H]21. The van der Waals surface area contributed by atoms with Crippen LogP contribution in [-0.4, -0.2) is 72.9 Å². The minimum absolute atomic E-state index is 0.00554. The van der Waals surface area contributed by atoms with Gasteiger partial charge in [0.1, 0.15) is 25.1 Å². The van der Waals surface area contributed by atoms with E-state index in [9.17, 15) is 14.4 Å². The first-order valence-electron chi connectivity index (χ1n) is 17.9. The van der Waals surface area contributed by atoms with Gasteiger partial charge in [-0.05, 0) is 91.7 Å². The van der Waals surface area contributed by atoms with E-state index in [1.807, 2.05) is 24.3 Å². The normalized spacial score (nSPS) is 31.7. The summed E-state index contributed by atoms with van der Waals surface area (Å²) in [5, 5.41) is 14.6. The number of aliphatic hydroxyl groups is 1.